The van der Waals surface area contributed by atoms with Crippen molar-refractivity contribution in [3.63, 3.8) is 0 Å². The molecule has 0 saturated carbocycles. The van der Waals surface area contributed by atoms with Gasteiger partial charge in [-0.1, -0.05) is 18.2 Å². The molecule has 1 aliphatic heterocycles. The van der Waals surface area contributed by atoms with Crippen molar-refractivity contribution in [2.24, 2.45) is 0 Å². The van der Waals surface area contributed by atoms with Crippen molar-refractivity contribution in [3.8, 4) is 11.5 Å². The van der Waals surface area contributed by atoms with E-state index in [2.05, 4.69) is 10.6 Å². The molecule has 6 heteroatoms. The van der Waals surface area contributed by atoms with E-state index in [0.717, 1.165) is 49.4 Å². The fourth-order valence-electron chi connectivity index (χ4n) is 3.41. The predicted molar refractivity (Wildman–Crippen MR) is 110 cm³/mol. The third kappa shape index (κ3) is 5.74. The molecule has 0 radical (unpaired) electrons. The first-order valence-corrected chi connectivity index (χ1v) is 9.77. The molecule has 0 spiro atoms. The highest BCUT2D eigenvalue weighted by Gasteiger charge is 2.26. The minimum Gasteiger partial charge on any atom is -0.457 e. The zero-order valence-corrected chi connectivity index (χ0v) is 16.2. The van der Waals surface area contributed by atoms with Crippen molar-refractivity contribution >= 4 is 17.6 Å². The number of piperidine rings is 1. The molecule has 3 amide bonds. The lowest BCUT2D eigenvalue weighted by molar-refractivity contribution is -0.119. The first-order valence-electron chi connectivity index (χ1n) is 9.77. The zero-order chi connectivity index (χ0) is 19.8. The van der Waals surface area contributed by atoms with Crippen LogP contribution in [-0.4, -0.2) is 36.0 Å². The number of rotatable bonds is 6. The maximum absolute atomic E-state index is 12.7. The summed E-state index contributed by atoms with van der Waals surface area (Å²) in [6.07, 6.45) is 3.86. The molecule has 2 N–H and O–H groups in total. The van der Waals surface area contributed by atoms with Gasteiger partial charge < -0.3 is 20.3 Å². The molecule has 1 saturated heterocycles. The number of amides is 3. The summed E-state index contributed by atoms with van der Waals surface area (Å²) < 4.78 is 5.78. The quantitative estimate of drug-likeness (QED) is 0.779. The third-order valence-electron chi connectivity index (χ3n) is 4.82. The Hall–Kier alpha value is -3.02. The SMILES string of the molecule is CC(=O)NCC[C@@H]1CCCCN1C(=O)Nc1ccc(Oc2ccccc2)cc1. The third-order valence-corrected chi connectivity index (χ3v) is 4.82. The molecule has 3 rings (SSSR count). The summed E-state index contributed by atoms with van der Waals surface area (Å²) >= 11 is 0. The average Bonchev–Trinajstić information content (AvgIpc) is 2.70. The number of para-hydroxylation sites is 1. The van der Waals surface area contributed by atoms with Crippen LogP contribution in [0.5, 0.6) is 11.5 Å². The van der Waals surface area contributed by atoms with Gasteiger partial charge in [0.05, 0.1) is 0 Å². The van der Waals surface area contributed by atoms with Crippen LogP contribution in [0.3, 0.4) is 0 Å². The Balaban J connectivity index is 1.55. The Morgan fingerprint density at radius 2 is 1.75 bits per heavy atom. The molecular weight excluding hydrogens is 354 g/mol. The summed E-state index contributed by atoms with van der Waals surface area (Å²) in [4.78, 5) is 25.7. The number of nitrogens with one attached hydrogen (secondary N) is 2. The number of hydrogen-bond donors (Lipinski definition) is 2. The van der Waals surface area contributed by atoms with Crippen LogP contribution in [0.15, 0.2) is 54.6 Å². The average molecular weight is 381 g/mol. The first-order chi connectivity index (χ1) is 13.6. The lowest BCUT2D eigenvalue weighted by Crippen LogP contribution is -2.47. The second kappa shape index (κ2) is 9.78. The summed E-state index contributed by atoms with van der Waals surface area (Å²) in [6.45, 7) is 2.84. The molecule has 6 nitrogen and oxygen atoms in total. The van der Waals surface area contributed by atoms with Gasteiger partial charge in [-0.3, -0.25) is 4.79 Å². The fraction of sp³-hybridized carbons (Fsp3) is 0.364. The molecule has 1 fully saturated rings. The van der Waals surface area contributed by atoms with Crippen molar-refractivity contribution < 1.29 is 14.3 Å². The number of hydrogen-bond acceptors (Lipinski definition) is 3. The van der Waals surface area contributed by atoms with Gasteiger partial charge in [-0.2, -0.15) is 0 Å². The number of urea groups is 1. The minimum absolute atomic E-state index is 0.0374. The lowest BCUT2D eigenvalue weighted by atomic mass is 10.00. The van der Waals surface area contributed by atoms with Crippen LogP contribution in [0.1, 0.15) is 32.6 Å². The van der Waals surface area contributed by atoms with Crippen molar-refractivity contribution in [2.45, 2.75) is 38.6 Å². The Bertz CT molecular complexity index is 777. The molecule has 0 bridgehead atoms. The van der Waals surface area contributed by atoms with Gasteiger partial charge in [-0.25, -0.2) is 4.79 Å². The van der Waals surface area contributed by atoms with Gasteiger partial charge in [-0.05, 0) is 62.1 Å². The number of benzene rings is 2. The van der Waals surface area contributed by atoms with Crippen LogP contribution < -0.4 is 15.4 Å². The summed E-state index contributed by atoms with van der Waals surface area (Å²) in [5.74, 6) is 1.45. The molecule has 148 valence electrons. The lowest BCUT2D eigenvalue weighted by Gasteiger charge is -2.35. The number of carbonyl (C=O) groups is 2. The maximum atomic E-state index is 12.7. The standard InChI is InChI=1S/C22H27N3O3/c1-17(26)23-15-14-19-7-5-6-16-25(19)22(27)24-18-10-12-21(13-11-18)28-20-8-3-2-4-9-20/h2-4,8-13,19H,5-7,14-16H2,1H3,(H,23,26)(H,24,27)/t19-/m0/s1. The topological polar surface area (TPSA) is 70.7 Å². The molecule has 1 heterocycles. The molecule has 0 unspecified atom stereocenters. The Labute approximate surface area is 165 Å². The van der Waals surface area contributed by atoms with E-state index < -0.39 is 0 Å². The summed E-state index contributed by atoms with van der Waals surface area (Å²) in [7, 11) is 0. The molecule has 0 aliphatic carbocycles. The fourth-order valence-corrected chi connectivity index (χ4v) is 3.41. The zero-order valence-electron chi connectivity index (χ0n) is 16.2. The van der Waals surface area contributed by atoms with E-state index in [1.807, 2.05) is 59.5 Å². The van der Waals surface area contributed by atoms with E-state index >= 15 is 0 Å². The van der Waals surface area contributed by atoms with Crippen LogP contribution in [0, 0.1) is 0 Å². The largest absolute Gasteiger partial charge is 0.457 e. The molecule has 0 aromatic heterocycles. The van der Waals surface area contributed by atoms with Gasteiger partial charge in [0.15, 0.2) is 0 Å². The van der Waals surface area contributed by atoms with Crippen molar-refractivity contribution in [1.82, 2.24) is 10.2 Å². The molecule has 1 aliphatic rings. The normalized spacial score (nSPS) is 16.3. The van der Waals surface area contributed by atoms with Crippen LogP contribution in [-0.2, 0) is 4.79 Å². The van der Waals surface area contributed by atoms with E-state index in [1.54, 1.807) is 0 Å². The number of nitrogens with zero attached hydrogens (tertiary/aromatic N) is 1. The van der Waals surface area contributed by atoms with Gasteiger partial charge in [0.1, 0.15) is 11.5 Å². The van der Waals surface area contributed by atoms with E-state index in [1.165, 1.54) is 6.92 Å². The van der Waals surface area contributed by atoms with Gasteiger partial charge in [0, 0.05) is 31.7 Å². The molecule has 2 aromatic rings. The summed E-state index contributed by atoms with van der Waals surface area (Å²) in [5.41, 5.74) is 0.733. The van der Waals surface area contributed by atoms with Gasteiger partial charge in [-0.15, -0.1) is 0 Å². The van der Waals surface area contributed by atoms with Gasteiger partial charge in [0.25, 0.3) is 0 Å². The smallest absolute Gasteiger partial charge is 0.322 e. The summed E-state index contributed by atoms with van der Waals surface area (Å²) in [6, 6.07) is 17.0. The number of likely N-dealkylation sites (tertiary alicyclic amines) is 1. The molecule has 28 heavy (non-hydrogen) atoms. The highest BCUT2D eigenvalue weighted by atomic mass is 16.5. The highest BCUT2D eigenvalue weighted by Crippen LogP contribution is 2.24. The van der Waals surface area contributed by atoms with E-state index in [-0.39, 0.29) is 18.0 Å². The minimum atomic E-state index is -0.0933. The van der Waals surface area contributed by atoms with Gasteiger partial charge >= 0.3 is 6.03 Å². The van der Waals surface area contributed by atoms with Crippen LogP contribution in [0.2, 0.25) is 0 Å². The van der Waals surface area contributed by atoms with Crippen LogP contribution in [0.25, 0.3) is 0 Å². The van der Waals surface area contributed by atoms with Crippen molar-refractivity contribution in [1.29, 1.82) is 0 Å². The van der Waals surface area contributed by atoms with E-state index in [9.17, 15) is 9.59 Å². The molecule has 2 aromatic carbocycles. The second-order valence-electron chi connectivity index (χ2n) is 6.98. The monoisotopic (exact) mass is 381 g/mol. The number of ether oxygens (including phenoxy) is 1. The highest BCUT2D eigenvalue weighted by molar-refractivity contribution is 5.89. The van der Waals surface area contributed by atoms with E-state index in [4.69, 9.17) is 4.74 Å². The Morgan fingerprint density at radius 1 is 1.04 bits per heavy atom. The second-order valence-corrected chi connectivity index (χ2v) is 6.98. The van der Waals surface area contributed by atoms with Gasteiger partial charge in [0.2, 0.25) is 5.91 Å². The molecule has 1 atom stereocenters. The Kier molecular flexibility index (Phi) is 6.89. The number of anilines is 1. The predicted octanol–water partition coefficient (Wildman–Crippen LogP) is 4.39. The summed E-state index contributed by atoms with van der Waals surface area (Å²) in [5, 5.41) is 5.79. The molecular formula is C22H27N3O3. The van der Waals surface area contributed by atoms with Crippen LogP contribution >= 0.6 is 0 Å². The first kappa shape index (κ1) is 19.7. The van der Waals surface area contributed by atoms with E-state index in [0.29, 0.717) is 6.54 Å². The van der Waals surface area contributed by atoms with Crippen LogP contribution in [0.4, 0.5) is 10.5 Å². The van der Waals surface area contributed by atoms with Crippen molar-refractivity contribution in [2.75, 3.05) is 18.4 Å². The maximum Gasteiger partial charge on any atom is 0.322 e. The number of carbonyl (C=O) groups excluding carboxylic acids is 2. The van der Waals surface area contributed by atoms with Crippen molar-refractivity contribution in [3.05, 3.63) is 54.6 Å². The Morgan fingerprint density at radius 3 is 2.46 bits per heavy atom.